The summed E-state index contributed by atoms with van der Waals surface area (Å²) >= 11 is 0. The van der Waals surface area contributed by atoms with Crippen molar-refractivity contribution in [2.24, 2.45) is 5.73 Å². The molecular formula is C17H22N2O. The second kappa shape index (κ2) is 5.81. The van der Waals surface area contributed by atoms with Crippen LogP contribution >= 0.6 is 0 Å². The fourth-order valence-corrected chi connectivity index (χ4v) is 2.91. The molecule has 0 bridgehead atoms. The molecule has 20 heavy (non-hydrogen) atoms. The molecule has 1 atom stereocenters. The van der Waals surface area contributed by atoms with Gasteiger partial charge >= 0.3 is 0 Å². The van der Waals surface area contributed by atoms with Crippen molar-refractivity contribution in [3.05, 3.63) is 59.5 Å². The predicted molar refractivity (Wildman–Crippen MR) is 80.4 cm³/mol. The quantitative estimate of drug-likeness (QED) is 0.876. The van der Waals surface area contributed by atoms with Crippen molar-refractivity contribution in [1.82, 2.24) is 4.90 Å². The molecule has 0 amide bonds. The third-order valence-electron chi connectivity index (χ3n) is 4.14. The van der Waals surface area contributed by atoms with Crippen LogP contribution in [0.3, 0.4) is 0 Å². The molecule has 1 aliphatic carbocycles. The highest BCUT2D eigenvalue weighted by atomic mass is 16.3. The highest BCUT2D eigenvalue weighted by molar-refractivity contribution is 5.36. The molecule has 1 aromatic heterocycles. The molecule has 106 valence electrons. The topological polar surface area (TPSA) is 42.4 Å². The number of nitrogens with zero attached hydrogens (tertiary/aromatic N) is 1. The molecule has 3 rings (SSSR count). The van der Waals surface area contributed by atoms with Gasteiger partial charge in [0.25, 0.3) is 0 Å². The van der Waals surface area contributed by atoms with Crippen molar-refractivity contribution in [3.8, 4) is 0 Å². The SMILES string of the molecule is CN(Cc1ccoc1)C(CN)c1ccccc1C1CC1. The molecule has 1 aromatic carbocycles. The predicted octanol–water partition coefficient (Wildman–Crippen LogP) is 3.29. The highest BCUT2D eigenvalue weighted by Crippen LogP contribution is 2.43. The number of likely N-dealkylation sites (N-methyl/N-ethyl adjacent to an activating group) is 1. The molecule has 2 aromatic rings. The van der Waals surface area contributed by atoms with Crippen LogP contribution in [0.2, 0.25) is 0 Å². The zero-order valence-corrected chi connectivity index (χ0v) is 12.0. The van der Waals surface area contributed by atoms with Gasteiger partial charge in [-0.2, -0.15) is 0 Å². The minimum atomic E-state index is 0.265. The summed E-state index contributed by atoms with van der Waals surface area (Å²) in [4.78, 5) is 2.31. The zero-order valence-electron chi connectivity index (χ0n) is 12.0. The van der Waals surface area contributed by atoms with Crippen LogP contribution in [0.5, 0.6) is 0 Å². The Labute approximate surface area is 120 Å². The van der Waals surface area contributed by atoms with E-state index < -0.39 is 0 Å². The molecule has 1 unspecified atom stereocenters. The standard InChI is InChI=1S/C17H22N2O/c1-19(11-13-8-9-20-12-13)17(10-18)16-5-3-2-4-15(16)14-6-7-14/h2-5,8-9,12,14,17H,6-7,10-11,18H2,1H3. The van der Waals surface area contributed by atoms with Gasteiger partial charge in [-0.15, -0.1) is 0 Å². The molecule has 1 fully saturated rings. The molecule has 1 saturated carbocycles. The zero-order chi connectivity index (χ0) is 13.9. The minimum Gasteiger partial charge on any atom is -0.472 e. The summed E-state index contributed by atoms with van der Waals surface area (Å²) in [5.74, 6) is 0.752. The van der Waals surface area contributed by atoms with Gasteiger partial charge in [0, 0.05) is 24.7 Å². The van der Waals surface area contributed by atoms with Crippen LogP contribution in [0.1, 0.15) is 41.5 Å². The Kier molecular flexibility index (Phi) is 3.90. The monoisotopic (exact) mass is 270 g/mol. The maximum Gasteiger partial charge on any atom is 0.0947 e. The van der Waals surface area contributed by atoms with E-state index in [1.165, 1.54) is 29.5 Å². The van der Waals surface area contributed by atoms with Crippen molar-refractivity contribution in [2.75, 3.05) is 13.6 Å². The second-order valence-electron chi connectivity index (χ2n) is 5.70. The second-order valence-corrected chi connectivity index (χ2v) is 5.70. The van der Waals surface area contributed by atoms with E-state index in [2.05, 4.69) is 36.2 Å². The lowest BCUT2D eigenvalue weighted by Gasteiger charge is -2.28. The summed E-state index contributed by atoms with van der Waals surface area (Å²) in [5.41, 5.74) is 10.1. The number of hydrogen-bond acceptors (Lipinski definition) is 3. The van der Waals surface area contributed by atoms with E-state index in [1.807, 2.05) is 6.07 Å². The van der Waals surface area contributed by atoms with Crippen LogP contribution in [0.15, 0.2) is 47.3 Å². The van der Waals surface area contributed by atoms with Crippen LogP contribution in [0.4, 0.5) is 0 Å². The molecule has 3 heteroatoms. The Morgan fingerprint density at radius 3 is 2.75 bits per heavy atom. The minimum absolute atomic E-state index is 0.265. The smallest absolute Gasteiger partial charge is 0.0947 e. The molecular weight excluding hydrogens is 248 g/mol. The Morgan fingerprint density at radius 2 is 2.10 bits per heavy atom. The first-order valence-electron chi connectivity index (χ1n) is 7.29. The average molecular weight is 270 g/mol. The molecule has 2 N–H and O–H groups in total. The first-order chi connectivity index (χ1) is 9.79. The number of nitrogens with two attached hydrogens (primary N) is 1. The summed E-state index contributed by atoms with van der Waals surface area (Å²) in [6, 6.07) is 11.0. The van der Waals surface area contributed by atoms with Gasteiger partial charge in [0.15, 0.2) is 0 Å². The molecule has 1 heterocycles. The first-order valence-corrected chi connectivity index (χ1v) is 7.29. The van der Waals surface area contributed by atoms with Gasteiger partial charge < -0.3 is 10.2 Å². The van der Waals surface area contributed by atoms with Crippen LogP contribution in [0.25, 0.3) is 0 Å². The Hall–Kier alpha value is -1.58. The van der Waals surface area contributed by atoms with Crippen LogP contribution in [-0.4, -0.2) is 18.5 Å². The van der Waals surface area contributed by atoms with Gasteiger partial charge in [0.1, 0.15) is 0 Å². The molecule has 1 aliphatic rings. The van der Waals surface area contributed by atoms with Crippen LogP contribution in [-0.2, 0) is 6.54 Å². The highest BCUT2D eigenvalue weighted by Gasteiger charge is 2.28. The lowest BCUT2D eigenvalue weighted by atomic mass is 9.96. The Bertz CT molecular complexity index is 546. The number of rotatable bonds is 6. The number of furan rings is 1. The molecule has 0 aliphatic heterocycles. The molecule has 3 nitrogen and oxygen atoms in total. The van der Waals surface area contributed by atoms with Gasteiger partial charge in [0.2, 0.25) is 0 Å². The molecule has 0 spiro atoms. The van der Waals surface area contributed by atoms with Gasteiger partial charge in [-0.3, -0.25) is 4.90 Å². The first kappa shape index (κ1) is 13.4. The van der Waals surface area contributed by atoms with Gasteiger partial charge in [-0.25, -0.2) is 0 Å². The third kappa shape index (κ3) is 2.79. The van der Waals surface area contributed by atoms with Crippen LogP contribution < -0.4 is 5.73 Å². The Morgan fingerprint density at radius 1 is 1.30 bits per heavy atom. The Balaban J connectivity index is 1.82. The summed E-state index contributed by atoms with van der Waals surface area (Å²) in [6.07, 6.45) is 6.16. The summed E-state index contributed by atoms with van der Waals surface area (Å²) in [6.45, 7) is 1.50. The van der Waals surface area contributed by atoms with Gasteiger partial charge in [-0.05, 0) is 43.0 Å². The fraction of sp³-hybridized carbons (Fsp3) is 0.412. The van der Waals surface area contributed by atoms with E-state index in [0.717, 1.165) is 12.5 Å². The fourth-order valence-electron chi connectivity index (χ4n) is 2.91. The van der Waals surface area contributed by atoms with Crippen LogP contribution in [0, 0.1) is 0 Å². The maximum absolute atomic E-state index is 6.06. The third-order valence-corrected chi connectivity index (χ3v) is 4.14. The summed E-state index contributed by atoms with van der Waals surface area (Å²) in [5, 5.41) is 0. The van der Waals surface area contributed by atoms with Crippen molar-refractivity contribution in [3.63, 3.8) is 0 Å². The number of benzene rings is 1. The van der Waals surface area contributed by atoms with E-state index in [4.69, 9.17) is 10.2 Å². The maximum atomic E-state index is 6.06. The summed E-state index contributed by atoms with van der Waals surface area (Å²) in [7, 11) is 2.13. The number of hydrogen-bond donors (Lipinski definition) is 1. The molecule has 0 saturated heterocycles. The van der Waals surface area contributed by atoms with Crippen molar-refractivity contribution < 1.29 is 4.42 Å². The normalized spacial score (nSPS) is 16.6. The van der Waals surface area contributed by atoms with Gasteiger partial charge in [0.05, 0.1) is 12.5 Å². The van der Waals surface area contributed by atoms with E-state index in [9.17, 15) is 0 Å². The summed E-state index contributed by atoms with van der Waals surface area (Å²) < 4.78 is 5.15. The van der Waals surface area contributed by atoms with E-state index >= 15 is 0 Å². The van der Waals surface area contributed by atoms with Crippen molar-refractivity contribution >= 4 is 0 Å². The van der Waals surface area contributed by atoms with E-state index in [0.29, 0.717) is 6.54 Å². The van der Waals surface area contributed by atoms with Crippen molar-refractivity contribution in [2.45, 2.75) is 31.3 Å². The van der Waals surface area contributed by atoms with E-state index in [1.54, 1.807) is 12.5 Å². The molecule has 0 radical (unpaired) electrons. The average Bonchev–Trinajstić information content (AvgIpc) is 3.19. The van der Waals surface area contributed by atoms with E-state index in [-0.39, 0.29) is 6.04 Å². The largest absolute Gasteiger partial charge is 0.472 e. The lowest BCUT2D eigenvalue weighted by Crippen LogP contribution is -2.30. The lowest BCUT2D eigenvalue weighted by molar-refractivity contribution is 0.240. The van der Waals surface area contributed by atoms with Crippen molar-refractivity contribution in [1.29, 1.82) is 0 Å². The van der Waals surface area contributed by atoms with Gasteiger partial charge in [-0.1, -0.05) is 24.3 Å².